The summed E-state index contributed by atoms with van der Waals surface area (Å²) in [7, 11) is 1.29. The minimum atomic E-state index is -0.892. The predicted octanol–water partition coefficient (Wildman–Crippen LogP) is 3.34. The van der Waals surface area contributed by atoms with Crippen molar-refractivity contribution in [3.63, 3.8) is 0 Å². The lowest BCUT2D eigenvalue weighted by Crippen LogP contribution is -2.29. The van der Waals surface area contributed by atoms with E-state index in [0.29, 0.717) is 5.56 Å². The molecule has 1 aliphatic heterocycles. The van der Waals surface area contributed by atoms with E-state index < -0.39 is 29.3 Å². The molecule has 0 radical (unpaired) electrons. The first-order valence-corrected chi connectivity index (χ1v) is 6.91. The standard InChI is InChI=1S/C16H20F2O3/c1-8-10(6-7-11(17)13(8)18)12-9(2)16(3,4)21-14(12)15(19)20-5/h6-7,9,12,14H,1-5H3/t9-,12-,14+/m0/s1. The molecule has 1 heterocycles. The second-order valence-corrected chi connectivity index (χ2v) is 6.06. The molecule has 0 aromatic heterocycles. The first kappa shape index (κ1) is 15.9. The molecule has 0 saturated carbocycles. The van der Waals surface area contributed by atoms with Crippen LogP contribution in [-0.4, -0.2) is 24.8 Å². The molecule has 5 heteroatoms. The Bertz CT molecular complexity index is 569. The summed E-state index contributed by atoms with van der Waals surface area (Å²) in [6.07, 6.45) is -0.816. The van der Waals surface area contributed by atoms with Gasteiger partial charge < -0.3 is 9.47 Å². The van der Waals surface area contributed by atoms with Crippen molar-refractivity contribution in [2.45, 2.75) is 45.3 Å². The maximum absolute atomic E-state index is 13.8. The van der Waals surface area contributed by atoms with Crippen molar-refractivity contribution < 1.29 is 23.0 Å². The van der Waals surface area contributed by atoms with Gasteiger partial charge in [-0.25, -0.2) is 13.6 Å². The summed E-state index contributed by atoms with van der Waals surface area (Å²) in [5.74, 6) is -2.70. The van der Waals surface area contributed by atoms with Crippen molar-refractivity contribution >= 4 is 5.97 Å². The highest BCUT2D eigenvalue weighted by Crippen LogP contribution is 2.47. The van der Waals surface area contributed by atoms with Crippen molar-refractivity contribution in [1.29, 1.82) is 0 Å². The molecule has 1 fully saturated rings. The van der Waals surface area contributed by atoms with E-state index in [1.54, 1.807) is 0 Å². The number of halogens is 2. The maximum atomic E-state index is 13.8. The molecule has 0 aliphatic carbocycles. The SMILES string of the molecule is COC(=O)[C@@H]1OC(C)(C)[C@@H](C)[C@H]1c1ccc(F)c(F)c1C. The summed E-state index contributed by atoms with van der Waals surface area (Å²) in [6.45, 7) is 7.21. The molecule has 0 bridgehead atoms. The number of ether oxygens (including phenoxy) is 2. The quantitative estimate of drug-likeness (QED) is 0.786. The Labute approximate surface area is 123 Å². The van der Waals surface area contributed by atoms with E-state index in [2.05, 4.69) is 0 Å². The predicted molar refractivity (Wildman–Crippen MR) is 74.0 cm³/mol. The Morgan fingerprint density at radius 1 is 1.33 bits per heavy atom. The normalized spacial score (nSPS) is 27.7. The van der Waals surface area contributed by atoms with Crippen LogP contribution in [0.1, 0.15) is 37.8 Å². The summed E-state index contributed by atoms with van der Waals surface area (Å²) in [6, 6.07) is 2.61. The van der Waals surface area contributed by atoms with Crippen LogP contribution in [0.3, 0.4) is 0 Å². The van der Waals surface area contributed by atoms with E-state index in [1.807, 2.05) is 20.8 Å². The first-order chi connectivity index (χ1) is 9.70. The van der Waals surface area contributed by atoms with Gasteiger partial charge in [-0.2, -0.15) is 0 Å². The first-order valence-electron chi connectivity index (χ1n) is 6.91. The van der Waals surface area contributed by atoms with Gasteiger partial charge in [0, 0.05) is 5.92 Å². The fourth-order valence-corrected chi connectivity index (χ4v) is 2.97. The van der Waals surface area contributed by atoms with Crippen LogP contribution < -0.4 is 0 Å². The second kappa shape index (κ2) is 5.37. The number of carbonyl (C=O) groups excluding carboxylic acids is 1. The Morgan fingerprint density at radius 2 is 1.95 bits per heavy atom. The van der Waals surface area contributed by atoms with Crippen LogP contribution in [0.15, 0.2) is 12.1 Å². The smallest absolute Gasteiger partial charge is 0.335 e. The van der Waals surface area contributed by atoms with Crippen molar-refractivity contribution in [3.8, 4) is 0 Å². The van der Waals surface area contributed by atoms with Crippen LogP contribution in [0.25, 0.3) is 0 Å². The number of rotatable bonds is 2. The van der Waals surface area contributed by atoms with Crippen LogP contribution >= 0.6 is 0 Å². The number of carbonyl (C=O) groups is 1. The summed E-state index contributed by atoms with van der Waals surface area (Å²) in [5.41, 5.74) is 0.241. The molecule has 0 amide bonds. The molecule has 0 N–H and O–H groups in total. The highest BCUT2D eigenvalue weighted by molar-refractivity contribution is 5.77. The van der Waals surface area contributed by atoms with Gasteiger partial charge in [-0.3, -0.25) is 0 Å². The van der Waals surface area contributed by atoms with Gasteiger partial charge in [0.05, 0.1) is 12.7 Å². The fourth-order valence-electron chi connectivity index (χ4n) is 2.97. The molecule has 1 aliphatic rings. The van der Waals surface area contributed by atoms with E-state index in [9.17, 15) is 13.6 Å². The molecule has 0 spiro atoms. The van der Waals surface area contributed by atoms with Gasteiger partial charge in [0.15, 0.2) is 17.7 Å². The number of hydrogen-bond acceptors (Lipinski definition) is 3. The van der Waals surface area contributed by atoms with E-state index in [-0.39, 0.29) is 17.4 Å². The summed E-state index contributed by atoms with van der Waals surface area (Å²) >= 11 is 0. The van der Waals surface area contributed by atoms with Crippen LogP contribution in [0.4, 0.5) is 8.78 Å². The van der Waals surface area contributed by atoms with Crippen LogP contribution in [-0.2, 0) is 14.3 Å². The zero-order valence-electron chi connectivity index (χ0n) is 12.9. The van der Waals surface area contributed by atoms with Crippen LogP contribution in [0, 0.1) is 24.5 Å². The van der Waals surface area contributed by atoms with Crippen LogP contribution in [0.5, 0.6) is 0 Å². The molecule has 1 saturated heterocycles. The van der Waals surface area contributed by atoms with E-state index in [1.165, 1.54) is 20.1 Å². The molecule has 2 rings (SSSR count). The molecule has 116 valence electrons. The van der Waals surface area contributed by atoms with Gasteiger partial charge in [0.25, 0.3) is 0 Å². The highest BCUT2D eigenvalue weighted by atomic mass is 19.2. The average Bonchev–Trinajstić information content (AvgIpc) is 2.67. The van der Waals surface area contributed by atoms with Gasteiger partial charge in [-0.1, -0.05) is 13.0 Å². The molecule has 1 aromatic rings. The van der Waals surface area contributed by atoms with Gasteiger partial charge >= 0.3 is 5.97 Å². The van der Waals surface area contributed by atoms with E-state index >= 15 is 0 Å². The number of hydrogen-bond donors (Lipinski definition) is 0. The van der Waals surface area contributed by atoms with Gasteiger partial charge in [-0.05, 0) is 43.9 Å². The lowest BCUT2D eigenvalue weighted by molar-refractivity contribution is -0.157. The Morgan fingerprint density at radius 3 is 2.52 bits per heavy atom. The largest absolute Gasteiger partial charge is 0.467 e. The summed E-state index contributed by atoms with van der Waals surface area (Å²) < 4.78 is 37.8. The monoisotopic (exact) mass is 298 g/mol. The van der Waals surface area contributed by atoms with Crippen molar-refractivity contribution in [1.82, 2.24) is 0 Å². The Hall–Kier alpha value is -1.49. The molecular weight excluding hydrogens is 278 g/mol. The lowest BCUT2D eigenvalue weighted by Gasteiger charge is -2.25. The highest BCUT2D eigenvalue weighted by Gasteiger charge is 2.51. The molecule has 3 atom stereocenters. The van der Waals surface area contributed by atoms with Crippen molar-refractivity contribution in [2.75, 3.05) is 7.11 Å². The minimum absolute atomic E-state index is 0.0508. The van der Waals surface area contributed by atoms with Gasteiger partial charge in [0.2, 0.25) is 0 Å². The number of methoxy groups -OCH3 is 1. The van der Waals surface area contributed by atoms with Crippen molar-refractivity contribution in [3.05, 3.63) is 34.9 Å². The lowest BCUT2D eigenvalue weighted by atomic mass is 9.77. The maximum Gasteiger partial charge on any atom is 0.335 e. The zero-order valence-corrected chi connectivity index (χ0v) is 12.9. The molecule has 1 aromatic carbocycles. The van der Waals surface area contributed by atoms with Crippen LogP contribution in [0.2, 0.25) is 0 Å². The third-order valence-electron chi connectivity index (χ3n) is 4.57. The number of esters is 1. The Balaban J connectivity index is 2.53. The minimum Gasteiger partial charge on any atom is -0.467 e. The fraction of sp³-hybridized carbons (Fsp3) is 0.562. The summed E-state index contributed by atoms with van der Waals surface area (Å²) in [4.78, 5) is 12.0. The molecule has 21 heavy (non-hydrogen) atoms. The summed E-state index contributed by atoms with van der Waals surface area (Å²) in [5, 5.41) is 0. The average molecular weight is 298 g/mol. The topological polar surface area (TPSA) is 35.5 Å². The van der Waals surface area contributed by atoms with Gasteiger partial charge in [0.1, 0.15) is 0 Å². The molecule has 3 nitrogen and oxygen atoms in total. The number of benzene rings is 1. The Kier molecular flexibility index (Phi) is 4.06. The zero-order chi connectivity index (χ0) is 15.9. The van der Waals surface area contributed by atoms with E-state index in [4.69, 9.17) is 9.47 Å². The third kappa shape index (κ3) is 2.55. The van der Waals surface area contributed by atoms with Crippen molar-refractivity contribution in [2.24, 2.45) is 5.92 Å². The van der Waals surface area contributed by atoms with Gasteiger partial charge in [-0.15, -0.1) is 0 Å². The second-order valence-electron chi connectivity index (χ2n) is 6.06. The molecular formula is C16H20F2O3. The third-order valence-corrected chi connectivity index (χ3v) is 4.57. The van der Waals surface area contributed by atoms with E-state index in [0.717, 1.165) is 6.07 Å². The molecule has 0 unspecified atom stereocenters.